The number of aryl methyl sites for hydroxylation is 1. The molecule has 6 heteroatoms. The summed E-state index contributed by atoms with van der Waals surface area (Å²) in [6.07, 6.45) is 1.95. The molecule has 5 nitrogen and oxygen atoms in total. The Kier molecular flexibility index (Phi) is 4.51. The van der Waals surface area contributed by atoms with Gasteiger partial charge in [-0.2, -0.15) is 4.98 Å². The van der Waals surface area contributed by atoms with Crippen LogP contribution in [0.3, 0.4) is 0 Å². The summed E-state index contributed by atoms with van der Waals surface area (Å²) in [6, 6.07) is 0. The first-order valence-electron chi connectivity index (χ1n) is 5.02. The van der Waals surface area contributed by atoms with E-state index >= 15 is 0 Å². The van der Waals surface area contributed by atoms with Crippen LogP contribution in [0.15, 0.2) is 21.5 Å². The van der Waals surface area contributed by atoms with E-state index in [1.54, 1.807) is 6.92 Å². The summed E-state index contributed by atoms with van der Waals surface area (Å²) in [5.41, 5.74) is 1.01. The molecule has 0 aliphatic carbocycles. The smallest absolute Gasteiger partial charge is 0.346 e. The zero-order valence-electron chi connectivity index (χ0n) is 9.90. The SMILES string of the molecule is CC(C)=CCSc1nc(=O)[nH]c(C)c1C(=O)O. The molecule has 2 N–H and O–H groups in total. The van der Waals surface area contributed by atoms with Gasteiger partial charge in [-0.15, -0.1) is 11.8 Å². The Balaban J connectivity index is 3.08. The Labute approximate surface area is 103 Å². The number of nitrogens with one attached hydrogen (secondary N) is 1. The number of carboxylic acids is 1. The summed E-state index contributed by atoms with van der Waals surface area (Å²) < 4.78 is 0. The number of nitrogens with zero attached hydrogens (tertiary/aromatic N) is 1. The Morgan fingerprint density at radius 2 is 2.18 bits per heavy atom. The number of thioether (sulfide) groups is 1. The molecule has 0 aromatic carbocycles. The molecule has 0 aliphatic rings. The summed E-state index contributed by atoms with van der Waals surface area (Å²) in [6.45, 7) is 5.46. The second-order valence-corrected chi connectivity index (χ2v) is 4.75. The number of hydrogen-bond donors (Lipinski definition) is 2. The van der Waals surface area contributed by atoms with Crippen molar-refractivity contribution >= 4 is 17.7 Å². The number of aromatic nitrogens is 2. The third-order valence-electron chi connectivity index (χ3n) is 2.01. The molecule has 0 fully saturated rings. The van der Waals surface area contributed by atoms with Gasteiger partial charge in [0, 0.05) is 11.4 Å². The van der Waals surface area contributed by atoms with Crippen LogP contribution in [-0.4, -0.2) is 26.8 Å². The van der Waals surface area contributed by atoms with Gasteiger partial charge in [0.25, 0.3) is 0 Å². The third-order valence-corrected chi connectivity index (χ3v) is 2.91. The molecule has 0 radical (unpaired) electrons. The number of hydrogen-bond acceptors (Lipinski definition) is 4. The number of carbonyl (C=O) groups is 1. The highest BCUT2D eigenvalue weighted by Crippen LogP contribution is 2.21. The highest BCUT2D eigenvalue weighted by atomic mass is 32.2. The minimum atomic E-state index is -1.08. The monoisotopic (exact) mass is 254 g/mol. The average Bonchev–Trinajstić information content (AvgIpc) is 2.14. The van der Waals surface area contributed by atoms with Gasteiger partial charge < -0.3 is 10.1 Å². The molecule has 0 spiro atoms. The van der Waals surface area contributed by atoms with Gasteiger partial charge in [0.15, 0.2) is 0 Å². The van der Waals surface area contributed by atoms with Gasteiger partial charge in [-0.1, -0.05) is 11.6 Å². The van der Waals surface area contributed by atoms with Gasteiger partial charge in [0.2, 0.25) is 0 Å². The van der Waals surface area contributed by atoms with E-state index in [1.807, 2.05) is 19.9 Å². The van der Waals surface area contributed by atoms with Crippen LogP contribution in [0.4, 0.5) is 0 Å². The lowest BCUT2D eigenvalue weighted by atomic mass is 10.2. The Bertz CT molecular complexity index is 516. The van der Waals surface area contributed by atoms with Gasteiger partial charge in [-0.3, -0.25) is 0 Å². The Morgan fingerprint density at radius 3 is 2.71 bits per heavy atom. The molecule has 0 saturated carbocycles. The molecule has 17 heavy (non-hydrogen) atoms. The first-order chi connectivity index (χ1) is 7.91. The maximum Gasteiger partial charge on any atom is 0.346 e. The summed E-state index contributed by atoms with van der Waals surface area (Å²) >= 11 is 1.24. The summed E-state index contributed by atoms with van der Waals surface area (Å²) in [5, 5.41) is 9.32. The highest BCUT2D eigenvalue weighted by molar-refractivity contribution is 7.99. The van der Waals surface area contributed by atoms with Crippen molar-refractivity contribution < 1.29 is 9.90 Å². The molecule has 1 aromatic heterocycles. The van der Waals surface area contributed by atoms with E-state index in [2.05, 4.69) is 9.97 Å². The van der Waals surface area contributed by atoms with E-state index in [0.717, 1.165) is 5.57 Å². The minimum absolute atomic E-state index is 0.0664. The maximum atomic E-state index is 11.2. The summed E-state index contributed by atoms with van der Waals surface area (Å²) in [7, 11) is 0. The topological polar surface area (TPSA) is 83.0 Å². The van der Waals surface area contributed by atoms with E-state index in [-0.39, 0.29) is 10.6 Å². The molecular formula is C11H14N2O3S. The Hall–Kier alpha value is -1.56. The number of carboxylic acid groups (broad SMARTS) is 1. The zero-order chi connectivity index (χ0) is 13.0. The van der Waals surface area contributed by atoms with Crippen molar-refractivity contribution in [1.82, 2.24) is 9.97 Å². The molecular weight excluding hydrogens is 240 g/mol. The molecule has 0 saturated heterocycles. The number of rotatable bonds is 4. The molecule has 1 rings (SSSR count). The van der Waals surface area contributed by atoms with Crippen molar-refractivity contribution in [3.05, 3.63) is 33.4 Å². The van der Waals surface area contributed by atoms with Gasteiger partial charge in [-0.25, -0.2) is 9.59 Å². The van der Waals surface area contributed by atoms with E-state index in [4.69, 9.17) is 5.11 Å². The number of allylic oxidation sites excluding steroid dienone is 1. The van der Waals surface area contributed by atoms with Crippen LogP contribution in [0.1, 0.15) is 29.9 Å². The van der Waals surface area contributed by atoms with E-state index in [1.165, 1.54) is 11.8 Å². The van der Waals surface area contributed by atoms with Crippen molar-refractivity contribution in [2.45, 2.75) is 25.8 Å². The first kappa shape index (κ1) is 13.5. The van der Waals surface area contributed by atoms with Gasteiger partial charge >= 0.3 is 11.7 Å². The summed E-state index contributed by atoms with van der Waals surface area (Å²) in [5.74, 6) is -0.482. The van der Waals surface area contributed by atoms with Crippen LogP contribution in [-0.2, 0) is 0 Å². The fourth-order valence-corrected chi connectivity index (χ4v) is 2.31. The molecule has 1 heterocycles. The molecule has 0 unspecified atom stereocenters. The standard InChI is InChI=1S/C11H14N2O3S/c1-6(2)4-5-17-9-8(10(14)15)7(3)12-11(16)13-9/h4H,5H2,1-3H3,(H,14,15)(H,12,13,16). The predicted octanol–water partition coefficient (Wildman–Crippen LogP) is 1.83. The molecule has 1 aromatic rings. The van der Waals surface area contributed by atoms with Crippen molar-refractivity contribution in [1.29, 1.82) is 0 Å². The fourth-order valence-electron chi connectivity index (χ4n) is 1.20. The first-order valence-corrected chi connectivity index (χ1v) is 6.00. The average molecular weight is 254 g/mol. The second kappa shape index (κ2) is 5.67. The van der Waals surface area contributed by atoms with Gasteiger partial charge in [0.05, 0.1) is 0 Å². The van der Waals surface area contributed by atoms with Crippen molar-refractivity contribution in [2.75, 3.05) is 5.75 Å². The lowest BCUT2D eigenvalue weighted by molar-refractivity contribution is 0.0690. The van der Waals surface area contributed by atoms with Crippen LogP contribution in [0, 0.1) is 6.92 Å². The summed E-state index contributed by atoms with van der Waals surface area (Å²) in [4.78, 5) is 28.3. The van der Waals surface area contributed by atoms with Crippen LogP contribution in [0.5, 0.6) is 0 Å². The second-order valence-electron chi connectivity index (χ2n) is 3.74. The van der Waals surface area contributed by atoms with Crippen LogP contribution in [0.2, 0.25) is 0 Å². The number of aromatic amines is 1. The van der Waals surface area contributed by atoms with E-state index in [0.29, 0.717) is 11.4 Å². The van der Waals surface area contributed by atoms with Crippen molar-refractivity contribution in [3.8, 4) is 0 Å². The van der Waals surface area contributed by atoms with Gasteiger partial charge in [-0.05, 0) is 20.8 Å². The molecule has 0 aliphatic heterocycles. The fraction of sp³-hybridized carbons (Fsp3) is 0.364. The molecule has 0 bridgehead atoms. The van der Waals surface area contributed by atoms with Crippen LogP contribution >= 0.6 is 11.8 Å². The van der Waals surface area contributed by atoms with E-state index < -0.39 is 11.7 Å². The normalized spacial score (nSPS) is 10.1. The van der Waals surface area contributed by atoms with Gasteiger partial charge in [0.1, 0.15) is 10.6 Å². The molecule has 92 valence electrons. The lowest BCUT2D eigenvalue weighted by Gasteiger charge is -2.05. The number of H-pyrrole nitrogens is 1. The lowest BCUT2D eigenvalue weighted by Crippen LogP contribution is -2.18. The quantitative estimate of drug-likeness (QED) is 0.486. The number of aromatic carboxylic acids is 1. The van der Waals surface area contributed by atoms with Crippen molar-refractivity contribution in [2.24, 2.45) is 0 Å². The Morgan fingerprint density at radius 1 is 1.53 bits per heavy atom. The zero-order valence-corrected chi connectivity index (χ0v) is 10.7. The molecule has 0 amide bonds. The van der Waals surface area contributed by atoms with Crippen molar-refractivity contribution in [3.63, 3.8) is 0 Å². The van der Waals surface area contributed by atoms with Crippen LogP contribution in [0.25, 0.3) is 0 Å². The largest absolute Gasteiger partial charge is 0.478 e. The third kappa shape index (κ3) is 3.74. The predicted molar refractivity (Wildman–Crippen MR) is 66.7 cm³/mol. The van der Waals surface area contributed by atoms with Crippen LogP contribution < -0.4 is 5.69 Å². The minimum Gasteiger partial charge on any atom is -0.478 e. The molecule has 0 atom stereocenters. The van der Waals surface area contributed by atoms with E-state index in [9.17, 15) is 9.59 Å². The maximum absolute atomic E-state index is 11.2. The highest BCUT2D eigenvalue weighted by Gasteiger charge is 2.16.